The Balaban J connectivity index is 1.45. The highest BCUT2D eigenvalue weighted by atomic mass is 16.5. The third-order valence-electron chi connectivity index (χ3n) is 4.36. The van der Waals surface area contributed by atoms with E-state index in [0.717, 1.165) is 18.4 Å². The van der Waals surface area contributed by atoms with Crippen molar-refractivity contribution in [1.82, 2.24) is 5.32 Å². The molecule has 1 aliphatic carbocycles. The van der Waals surface area contributed by atoms with Gasteiger partial charge in [0.2, 0.25) is 5.91 Å². The van der Waals surface area contributed by atoms with E-state index < -0.39 is 0 Å². The fraction of sp³-hybridized carbons (Fsp3) is 0.333. The van der Waals surface area contributed by atoms with Crippen LogP contribution in [0.3, 0.4) is 0 Å². The van der Waals surface area contributed by atoms with E-state index in [-0.39, 0.29) is 30.4 Å². The summed E-state index contributed by atoms with van der Waals surface area (Å²) >= 11 is 0. The standard InChI is InChI=1S/C21H24N2O4/c1-26-19(15-6-3-2-4-7-15)13-22-20(24)14-27-18-9-5-8-17(12-18)23-21(25)16-10-11-16/h2-9,12,16,19H,10-11,13-14H2,1H3,(H,22,24)(H,23,25). The van der Waals surface area contributed by atoms with Crippen LogP contribution in [0.25, 0.3) is 0 Å². The zero-order chi connectivity index (χ0) is 19.1. The number of anilines is 1. The van der Waals surface area contributed by atoms with Crippen LogP contribution in [0, 0.1) is 5.92 Å². The van der Waals surface area contributed by atoms with Gasteiger partial charge in [-0.05, 0) is 30.5 Å². The molecule has 0 aliphatic heterocycles. The quantitative estimate of drug-likeness (QED) is 0.713. The van der Waals surface area contributed by atoms with Gasteiger partial charge in [-0.2, -0.15) is 0 Å². The molecule has 27 heavy (non-hydrogen) atoms. The van der Waals surface area contributed by atoms with E-state index in [1.807, 2.05) is 30.3 Å². The molecular weight excluding hydrogens is 344 g/mol. The monoisotopic (exact) mass is 368 g/mol. The van der Waals surface area contributed by atoms with Crippen LogP contribution in [0.4, 0.5) is 5.69 Å². The van der Waals surface area contributed by atoms with E-state index >= 15 is 0 Å². The molecule has 2 N–H and O–H groups in total. The number of hydrogen-bond acceptors (Lipinski definition) is 4. The highest BCUT2D eigenvalue weighted by Crippen LogP contribution is 2.30. The first kappa shape index (κ1) is 18.9. The van der Waals surface area contributed by atoms with Crippen molar-refractivity contribution in [3.63, 3.8) is 0 Å². The van der Waals surface area contributed by atoms with Gasteiger partial charge in [-0.15, -0.1) is 0 Å². The van der Waals surface area contributed by atoms with Crippen LogP contribution in [0.1, 0.15) is 24.5 Å². The Hall–Kier alpha value is -2.86. The Morgan fingerprint density at radius 1 is 1.11 bits per heavy atom. The van der Waals surface area contributed by atoms with Crippen LogP contribution < -0.4 is 15.4 Å². The minimum Gasteiger partial charge on any atom is -0.484 e. The molecule has 142 valence electrons. The van der Waals surface area contributed by atoms with E-state index in [2.05, 4.69) is 10.6 Å². The number of nitrogens with one attached hydrogen (secondary N) is 2. The summed E-state index contributed by atoms with van der Waals surface area (Å²) in [5.41, 5.74) is 1.67. The molecule has 0 bridgehead atoms. The Labute approximate surface area is 158 Å². The fourth-order valence-corrected chi connectivity index (χ4v) is 2.66. The van der Waals surface area contributed by atoms with E-state index in [1.54, 1.807) is 31.4 Å². The molecule has 0 heterocycles. The molecule has 1 fully saturated rings. The first-order valence-corrected chi connectivity index (χ1v) is 9.04. The number of hydrogen-bond donors (Lipinski definition) is 2. The predicted molar refractivity (Wildman–Crippen MR) is 102 cm³/mol. The maximum absolute atomic E-state index is 12.1. The lowest BCUT2D eigenvalue weighted by Gasteiger charge is -2.16. The van der Waals surface area contributed by atoms with Gasteiger partial charge in [-0.25, -0.2) is 0 Å². The third-order valence-corrected chi connectivity index (χ3v) is 4.36. The lowest BCUT2D eigenvalue weighted by Crippen LogP contribution is -2.33. The van der Waals surface area contributed by atoms with E-state index in [0.29, 0.717) is 18.0 Å². The highest BCUT2D eigenvalue weighted by molar-refractivity contribution is 5.94. The normalized spacial score (nSPS) is 14.3. The van der Waals surface area contributed by atoms with Crippen LogP contribution >= 0.6 is 0 Å². The minimum atomic E-state index is -0.236. The molecule has 6 nitrogen and oxygen atoms in total. The number of benzene rings is 2. The van der Waals surface area contributed by atoms with Crippen molar-refractivity contribution in [2.75, 3.05) is 25.6 Å². The van der Waals surface area contributed by atoms with Crippen LogP contribution in [0.15, 0.2) is 54.6 Å². The number of carbonyl (C=O) groups is 2. The van der Waals surface area contributed by atoms with Crippen LogP contribution in [0.5, 0.6) is 5.75 Å². The molecule has 2 aromatic rings. The van der Waals surface area contributed by atoms with Crippen molar-refractivity contribution in [3.05, 3.63) is 60.2 Å². The molecule has 1 unspecified atom stereocenters. The molecule has 6 heteroatoms. The zero-order valence-electron chi connectivity index (χ0n) is 15.3. The molecule has 1 atom stereocenters. The SMILES string of the molecule is COC(CNC(=O)COc1cccc(NC(=O)C2CC2)c1)c1ccccc1. The summed E-state index contributed by atoms with van der Waals surface area (Å²) < 4.78 is 11.0. The third kappa shape index (κ3) is 5.82. The number of methoxy groups -OCH3 is 1. The van der Waals surface area contributed by atoms with Crippen molar-refractivity contribution in [3.8, 4) is 5.75 Å². The van der Waals surface area contributed by atoms with Gasteiger partial charge in [0.1, 0.15) is 5.75 Å². The van der Waals surface area contributed by atoms with Crippen molar-refractivity contribution < 1.29 is 19.1 Å². The highest BCUT2D eigenvalue weighted by Gasteiger charge is 2.29. The topological polar surface area (TPSA) is 76.7 Å². The largest absolute Gasteiger partial charge is 0.484 e. The molecule has 0 saturated heterocycles. The number of rotatable bonds is 9. The van der Waals surface area contributed by atoms with Gasteiger partial charge >= 0.3 is 0 Å². The van der Waals surface area contributed by atoms with Gasteiger partial charge in [0.05, 0.1) is 6.10 Å². The van der Waals surface area contributed by atoms with Crippen molar-refractivity contribution >= 4 is 17.5 Å². The molecular formula is C21H24N2O4. The first-order chi connectivity index (χ1) is 13.2. The summed E-state index contributed by atoms with van der Waals surface area (Å²) in [6, 6.07) is 16.8. The smallest absolute Gasteiger partial charge is 0.258 e. The summed E-state index contributed by atoms with van der Waals surface area (Å²) in [5, 5.41) is 5.68. The summed E-state index contributed by atoms with van der Waals surface area (Å²) in [7, 11) is 1.61. The lowest BCUT2D eigenvalue weighted by atomic mass is 10.1. The van der Waals surface area contributed by atoms with Crippen LogP contribution in [-0.2, 0) is 14.3 Å². The second kappa shape index (κ2) is 9.19. The minimum absolute atomic E-state index is 0.0383. The predicted octanol–water partition coefficient (Wildman–Crippen LogP) is 2.92. The second-order valence-electron chi connectivity index (χ2n) is 6.52. The van der Waals surface area contributed by atoms with Gasteiger partial charge in [-0.1, -0.05) is 36.4 Å². The second-order valence-corrected chi connectivity index (χ2v) is 6.52. The zero-order valence-corrected chi connectivity index (χ0v) is 15.3. The summed E-state index contributed by atoms with van der Waals surface area (Å²) in [4.78, 5) is 23.9. The summed E-state index contributed by atoms with van der Waals surface area (Å²) in [6.07, 6.45) is 1.69. The number of ether oxygens (including phenoxy) is 2. The lowest BCUT2D eigenvalue weighted by molar-refractivity contribution is -0.123. The van der Waals surface area contributed by atoms with Gasteiger partial charge in [0, 0.05) is 31.3 Å². The molecule has 3 rings (SSSR count). The van der Waals surface area contributed by atoms with E-state index in [4.69, 9.17) is 9.47 Å². The Morgan fingerprint density at radius 2 is 1.89 bits per heavy atom. The molecule has 0 aromatic heterocycles. The van der Waals surface area contributed by atoms with Crippen molar-refractivity contribution in [2.24, 2.45) is 5.92 Å². The van der Waals surface area contributed by atoms with Crippen molar-refractivity contribution in [1.29, 1.82) is 0 Å². The maximum Gasteiger partial charge on any atom is 0.258 e. The Kier molecular flexibility index (Phi) is 6.44. The van der Waals surface area contributed by atoms with Gasteiger partial charge < -0.3 is 20.1 Å². The van der Waals surface area contributed by atoms with E-state index in [9.17, 15) is 9.59 Å². The molecule has 1 saturated carbocycles. The first-order valence-electron chi connectivity index (χ1n) is 9.04. The molecule has 1 aliphatic rings. The number of amides is 2. The van der Waals surface area contributed by atoms with Crippen LogP contribution in [-0.4, -0.2) is 32.1 Å². The molecule has 0 radical (unpaired) electrons. The fourth-order valence-electron chi connectivity index (χ4n) is 2.66. The van der Waals surface area contributed by atoms with Gasteiger partial charge in [0.25, 0.3) is 5.91 Å². The average Bonchev–Trinajstić information content (AvgIpc) is 3.53. The summed E-state index contributed by atoms with van der Waals surface area (Å²) in [5.74, 6) is 0.473. The van der Waals surface area contributed by atoms with Gasteiger partial charge in [-0.3, -0.25) is 9.59 Å². The average molecular weight is 368 g/mol. The molecule has 2 amide bonds. The van der Waals surface area contributed by atoms with Crippen molar-refractivity contribution in [2.45, 2.75) is 18.9 Å². The molecule has 0 spiro atoms. The number of carbonyl (C=O) groups excluding carboxylic acids is 2. The van der Waals surface area contributed by atoms with Gasteiger partial charge in [0.15, 0.2) is 6.61 Å². The van der Waals surface area contributed by atoms with Crippen LogP contribution in [0.2, 0.25) is 0 Å². The summed E-state index contributed by atoms with van der Waals surface area (Å²) in [6.45, 7) is 0.255. The Morgan fingerprint density at radius 3 is 2.59 bits per heavy atom. The Bertz CT molecular complexity index is 775. The molecule has 2 aromatic carbocycles. The maximum atomic E-state index is 12.1. The van der Waals surface area contributed by atoms with E-state index in [1.165, 1.54) is 0 Å².